The molecule has 0 fully saturated rings. The monoisotopic (exact) mass is 265 g/mol. The lowest BCUT2D eigenvalue weighted by atomic mass is 10.0. The molecule has 1 heterocycles. The second-order valence-electron chi connectivity index (χ2n) is 5.55. The van der Waals surface area contributed by atoms with Gasteiger partial charge in [0.05, 0.1) is 0 Å². The molecule has 19 heavy (non-hydrogen) atoms. The minimum atomic E-state index is 0.316. The van der Waals surface area contributed by atoms with Crippen molar-refractivity contribution >= 4 is 11.6 Å². The number of nitrogens with two attached hydrogens (primary N) is 1. The number of rotatable bonds is 6. The molecule has 0 saturated heterocycles. The van der Waals surface area contributed by atoms with Crippen molar-refractivity contribution in [3.05, 3.63) is 11.9 Å². The summed E-state index contributed by atoms with van der Waals surface area (Å²) in [6.45, 7) is 10.5. The Morgan fingerprint density at radius 2 is 1.84 bits per heavy atom. The topological polar surface area (TPSA) is 58.3 Å². The van der Waals surface area contributed by atoms with Crippen LogP contribution in [0.2, 0.25) is 0 Å². The van der Waals surface area contributed by atoms with E-state index in [1.54, 1.807) is 6.33 Å². The van der Waals surface area contributed by atoms with Gasteiger partial charge >= 0.3 is 0 Å². The van der Waals surface area contributed by atoms with Gasteiger partial charge in [0.25, 0.3) is 0 Å². The summed E-state index contributed by atoms with van der Waals surface area (Å²) in [5.74, 6) is 1.88. The molecular formula is C14H27N5. The zero-order chi connectivity index (χ0) is 14.6. The summed E-state index contributed by atoms with van der Waals surface area (Å²) >= 11 is 0. The molecule has 0 spiro atoms. The van der Waals surface area contributed by atoms with Gasteiger partial charge in [0.2, 0.25) is 0 Å². The molecule has 0 radical (unpaired) electrons. The lowest BCUT2D eigenvalue weighted by Gasteiger charge is -2.33. The van der Waals surface area contributed by atoms with E-state index in [1.165, 1.54) is 0 Å². The van der Waals surface area contributed by atoms with Crippen molar-refractivity contribution in [2.45, 2.75) is 39.7 Å². The van der Waals surface area contributed by atoms with E-state index in [4.69, 9.17) is 5.73 Å². The van der Waals surface area contributed by atoms with Crippen molar-refractivity contribution in [1.82, 2.24) is 14.9 Å². The molecule has 1 atom stereocenters. The van der Waals surface area contributed by atoms with Crippen LogP contribution < -0.4 is 10.6 Å². The lowest BCUT2D eigenvalue weighted by molar-refractivity contribution is 0.372. The molecule has 2 N–H and O–H groups in total. The Bertz CT molecular complexity index is 403. The van der Waals surface area contributed by atoms with Crippen LogP contribution in [0.25, 0.3) is 0 Å². The van der Waals surface area contributed by atoms with Crippen molar-refractivity contribution < 1.29 is 0 Å². The first-order chi connectivity index (χ1) is 8.88. The standard InChI is InChI=1S/C14H27N5/c1-7-19(11(4)8-18(5)6)14-12(10(2)3)13(15)16-9-17-14/h9-11H,7-8H2,1-6H3,(H2,15,16,17). The van der Waals surface area contributed by atoms with Crippen LogP contribution in [0.15, 0.2) is 6.33 Å². The van der Waals surface area contributed by atoms with Gasteiger partial charge in [0, 0.05) is 24.7 Å². The number of hydrogen-bond donors (Lipinski definition) is 1. The Hall–Kier alpha value is -1.36. The molecule has 1 unspecified atom stereocenters. The number of nitrogens with zero attached hydrogens (tertiary/aromatic N) is 4. The summed E-state index contributed by atoms with van der Waals surface area (Å²) in [6, 6.07) is 0.381. The Morgan fingerprint density at radius 3 is 2.32 bits per heavy atom. The van der Waals surface area contributed by atoms with E-state index in [1.807, 2.05) is 0 Å². The van der Waals surface area contributed by atoms with Crippen molar-refractivity contribution in [2.75, 3.05) is 37.8 Å². The minimum absolute atomic E-state index is 0.316. The third-order valence-electron chi connectivity index (χ3n) is 3.25. The van der Waals surface area contributed by atoms with E-state index in [2.05, 4.69) is 61.6 Å². The molecule has 5 heteroatoms. The summed E-state index contributed by atoms with van der Waals surface area (Å²) in [5.41, 5.74) is 7.08. The highest BCUT2D eigenvalue weighted by Crippen LogP contribution is 2.30. The first-order valence-electron chi connectivity index (χ1n) is 6.90. The summed E-state index contributed by atoms with van der Waals surface area (Å²) < 4.78 is 0. The molecule has 0 aromatic carbocycles. The van der Waals surface area contributed by atoms with Gasteiger partial charge in [-0.1, -0.05) is 13.8 Å². The highest BCUT2D eigenvalue weighted by Gasteiger charge is 2.21. The van der Waals surface area contributed by atoms with Gasteiger partial charge in [0.15, 0.2) is 0 Å². The average Bonchev–Trinajstić information content (AvgIpc) is 2.28. The molecule has 0 aliphatic rings. The molecule has 1 aromatic heterocycles. The predicted molar refractivity (Wildman–Crippen MR) is 81.6 cm³/mol. The van der Waals surface area contributed by atoms with E-state index in [0.717, 1.165) is 24.5 Å². The van der Waals surface area contributed by atoms with Crippen LogP contribution in [-0.4, -0.2) is 48.1 Å². The summed E-state index contributed by atoms with van der Waals surface area (Å²) in [5, 5.41) is 0. The third-order valence-corrected chi connectivity index (χ3v) is 3.25. The van der Waals surface area contributed by atoms with Gasteiger partial charge in [-0.2, -0.15) is 0 Å². The van der Waals surface area contributed by atoms with E-state index in [9.17, 15) is 0 Å². The Morgan fingerprint density at radius 1 is 1.21 bits per heavy atom. The molecule has 0 aliphatic carbocycles. The highest BCUT2D eigenvalue weighted by molar-refractivity contribution is 5.58. The van der Waals surface area contributed by atoms with Crippen LogP contribution in [0.3, 0.4) is 0 Å². The first-order valence-corrected chi connectivity index (χ1v) is 6.90. The molecule has 0 amide bonds. The number of anilines is 2. The van der Waals surface area contributed by atoms with Crippen LogP contribution in [0.5, 0.6) is 0 Å². The molecule has 0 saturated carbocycles. The maximum Gasteiger partial charge on any atom is 0.137 e. The summed E-state index contributed by atoms with van der Waals surface area (Å²) in [6.07, 6.45) is 1.56. The largest absolute Gasteiger partial charge is 0.383 e. The number of aromatic nitrogens is 2. The van der Waals surface area contributed by atoms with Crippen LogP contribution in [0.1, 0.15) is 39.2 Å². The van der Waals surface area contributed by atoms with Gasteiger partial charge in [-0.15, -0.1) is 0 Å². The fraction of sp³-hybridized carbons (Fsp3) is 0.714. The fourth-order valence-corrected chi connectivity index (χ4v) is 2.48. The van der Waals surface area contributed by atoms with E-state index < -0.39 is 0 Å². The van der Waals surface area contributed by atoms with Crippen molar-refractivity contribution in [2.24, 2.45) is 0 Å². The van der Waals surface area contributed by atoms with E-state index >= 15 is 0 Å². The molecule has 5 nitrogen and oxygen atoms in total. The van der Waals surface area contributed by atoms with E-state index in [0.29, 0.717) is 17.8 Å². The minimum Gasteiger partial charge on any atom is -0.383 e. The van der Waals surface area contributed by atoms with Gasteiger partial charge in [0.1, 0.15) is 18.0 Å². The average molecular weight is 265 g/mol. The van der Waals surface area contributed by atoms with Crippen LogP contribution in [0, 0.1) is 0 Å². The van der Waals surface area contributed by atoms with Gasteiger partial charge in [-0.3, -0.25) is 0 Å². The first kappa shape index (κ1) is 15.7. The molecular weight excluding hydrogens is 238 g/mol. The summed E-state index contributed by atoms with van der Waals surface area (Å²) in [4.78, 5) is 13.1. The second kappa shape index (κ2) is 6.70. The van der Waals surface area contributed by atoms with Crippen LogP contribution in [-0.2, 0) is 0 Å². The zero-order valence-corrected chi connectivity index (χ0v) is 13.0. The summed E-state index contributed by atoms with van der Waals surface area (Å²) in [7, 11) is 4.17. The van der Waals surface area contributed by atoms with E-state index in [-0.39, 0.29) is 0 Å². The SMILES string of the molecule is CCN(c1ncnc(N)c1C(C)C)C(C)CN(C)C. The predicted octanol–water partition coefficient (Wildman–Crippen LogP) is 1.96. The molecule has 1 rings (SSSR count). The van der Waals surface area contributed by atoms with Crippen molar-refractivity contribution in [1.29, 1.82) is 0 Å². The van der Waals surface area contributed by atoms with Crippen molar-refractivity contribution in [3.63, 3.8) is 0 Å². The molecule has 0 bridgehead atoms. The normalized spacial score (nSPS) is 13.1. The Kier molecular flexibility index (Phi) is 5.54. The Labute approximate surface area is 116 Å². The maximum absolute atomic E-state index is 6.03. The van der Waals surface area contributed by atoms with Gasteiger partial charge in [-0.25, -0.2) is 9.97 Å². The highest BCUT2D eigenvalue weighted by atomic mass is 15.2. The van der Waals surface area contributed by atoms with Crippen molar-refractivity contribution in [3.8, 4) is 0 Å². The smallest absolute Gasteiger partial charge is 0.137 e. The fourth-order valence-electron chi connectivity index (χ4n) is 2.48. The van der Waals surface area contributed by atoms with Gasteiger partial charge < -0.3 is 15.5 Å². The number of nitrogen functional groups attached to an aromatic ring is 1. The quantitative estimate of drug-likeness (QED) is 0.852. The third kappa shape index (κ3) is 3.80. The van der Waals surface area contributed by atoms with Crippen LogP contribution >= 0.6 is 0 Å². The number of likely N-dealkylation sites (N-methyl/N-ethyl adjacent to an activating group) is 2. The van der Waals surface area contributed by atoms with Crippen LogP contribution in [0.4, 0.5) is 11.6 Å². The lowest BCUT2D eigenvalue weighted by Crippen LogP contribution is -2.41. The molecule has 1 aromatic rings. The maximum atomic E-state index is 6.03. The molecule has 0 aliphatic heterocycles. The number of hydrogen-bond acceptors (Lipinski definition) is 5. The second-order valence-corrected chi connectivity index (χ2v) is 5.55. The zero-order valence-electron chi connectivity index (χ0n) is 13.0. The van der Waals surface area contributed by atoms with Gasteiger partial charge in [-0.05, 0) is 33.9 Å². The Balaban J connectivity index is 3.14. The molecule has 108 valence electrons.